The maximum atomic E-state index is 4.08. The predicted molar refractivity (Wildman–Crippen MR) is 49.1 cm³/mol. The molecule has 0 aromatic carbocycles. The molecular formula is C8H16N4. The summed E-state index contributed by atoms with van der Waals surface area (Å²) in [7, 11) is 3.83. The van der Waals surface area contributed by atoms with Crippen molar-refractivity contribution in [2.45, 2.75) is 20.3 Å². The van der Waals surface area contributed by atoms with E-state index in [1.165, 1.54) is 0 Å². The summed E-state index contributed by atoms with van der Waals surface area (Å²) >= 11 is 0. The van der Waals surface area contributed by atoms with Gasteiger partial charge in [0.05, 0.1) is 0 Å². The summed E-state index contributed by atoms with van der Waals surface area (Å²) in [6.07, 6.45) is 0.977. The van der Waals surface area contributed by atoms with Gasteiger partial charge in [-0.15, -0.1) is 10.2 Å². The minimum absolute atomic E-state index is 0.623. The average molecular weight is 168 g/mol. The largest absolute Gasteiger partial charge is 0.357 e. The summed E-state index contributed by atoms with van der Waals surface area (Å²) in [4.78, 5) is 0. The van der Waals surface area contributed by atoms with Gasteiger partial charge in [-0.05, 0) is 5.92 Å². The molecule has 68 valence electrons. The van der Waals surface area contributed by atoms with Crippen molar-refractivity contribution in [1.29, 1.82) is 0 Å². The van der Waals surface area contributed by atoms with Gasteiger partial charge in [-0.3, -0.25) is 0 Å². The molecule has 0 unspecified atom stereocenters. The number of nitrogens with zero attached hydrogens (tertiary/aromatic N) is 3. The van der Waals surface area contributed by atoms with E-state index in [0.717, 1.165) is 18.2 Å². The Labute approximate surface area is 73.0 Å². The predicted octanol–water partition coefficient (Wildman–Crippen LogP) is 1.06. The van der Waals surface area contributed by atoms with E-state index in [9.17, 15) is 0 Å². The molecule has 0 saturated carbocycles. The van der Waals surface area contributed by atoms with Gasteiger partial charge in [-0.2, -0.15) is 0 Å². The topological polar surface area (TPSA) is 42.7 Å². The number of anilines is 1. The summed E-state index contributed by atoms with van der Waals surface area (Å²) in [6.45, 7) is 4.35. The molecule has 0 bridgehead atoms. The fourth-order valence-electron chi connectivity index (χ4n) is 1.12. The van der Waals surface area contributed by atoms with Crippen molar-refractivity contribution in [3.63, 3.8) is 0 Å². The normalized spacial score (nSPS) is 10.8. The minimum Gasteiger partial charge on any atom is -0.357 e. The zero-order valence-corrected chi connectivity index (χ0v) is 8.13. The monoisotopic (exact) mass is 168 g/mol. The Bertz CT molecular complexity index is 252. The molecule has 12 heavy (non-hydrogen) atoms. The van der Waals surface area contributed by atoms with E-state index in [1.807, 2.05) is 18.7 Å². The second kappa shape index (κ2) is 3.56. The lowest BCUT2D eigenvalue weighted by molar-refractivity contribution is 0.601. The Hall–Kier alpha value is -1.06. The second-order valence-corrected chi connectivity index (χ2v) is 3.35. The Morgan fingerprint density at radius 1 is 1.42 bits per heavy atom. The van der Waals surface area contributed by atoms with Crippen LogP contribution in [-0.4, -0.2) is 21.8 Å². The third-order valence-electron chi connectivity index (χ3n) is 1.78. The van der Waals surface area contributed by atoms with E-state index in [0.29, 0.717) is 5.92 Å². The fraction of sp³-hybridized carbons (Fsp3) is 0.750. The van der Waals surface area contributed by atoms with Crippen molar-refractivity contribution in [2.75, 3.05) is 12.4 Å². The maximum absolute atomic E-state index is 4.08. The Balaban J connectivity index is 2.80. The van der Waals surface area contributed by atoms with Gasteiger partial charge in [-0.1, -0.05) is 13.8 Å². The van der Waals surface area contributed by atoms with Gasteiger partial charge in [0.1, 0.15) is 5.82 Å². The first kappa shape index (κ1) is 9.03. The summed E-state index contributed by atoms with van der Waals surface area (Å²) in [6, 6.07) is 0. The molecule has 1 aromatic rings. The summed E-state index contributed by atoms with van der Waals surface area (Å²) in [5.74, 6) is 2.48. The van der Waals surface area contributed by atoms with Crippen LogP contribution < -0.4 is 5.32 Å². The molecule has 0 spiro atoms. The minimum atomic E-state index is 0.623. The molecule has 4 nitrogen and oxygen atoms in total. The average Bonchev–Trinajstić information content (AvgIpc) is 2.32. The van der Waals surface area contributed by atoms with Gasteiger partial charge in [0.15, 0.2) is 0 Å². The smallest absolute Gasteiger partial charge is 0.224 e. The van der Waals surface area contributed by atoms with Crippen molar-refractivity contribution >= 4 is 5.95 Å². The lowest BCUT2D eigenvalue weighted by Gasteiger charge is -2.04. The molecule has 1 N–H and O–H groups in total. The molecule has 0 aliphatic rings. The van der Waals surface area contributed by atoms with E-state index < -0.39 is 0 Å². The lowest BCUT2D eigenvalue weighted by Crippen LogP contribution is -2.05. The number of hydrogen-bond acceptors (Lipinski definition) is 3. The number of nitrogens with one attached hydrogen (secondary N) is 1. The van der Waals surface area contributed by atoms with Crippen LogP contribution in [0, 0.1) is 5.92 Å². The number of hydrogen-bond donors (Lipinski definition) is 1. The molecule has 4 heteroatoms. The first-order valence-corrected chi connectivity index (χ1v) is 4.21. The molecule has 1 heterocycles. The van der Waals surface area contributed by atoms with Gasteiger partial charge in [0, 0.05) is 20.5 Å². The van der Waals surface area contributed by atoms with Crippen LogP contribution in [0.5, 0.6) is 0 Å². The third-order valence-corrected chi connectivity index (χ3v) is 1.78. The van der Waals surface area contributed by atoms with Crippen molar-refractivity contribution in [3.05, 3.63) is 5.82 Å². The molecule has 0 atom stereocenters. The molecule has 0 radical (unpaired) electrons. The van der Waals surface area contributed by atoms with E-state index in [4.69, 9.17) is 0 Å². The van der Waals surface area contributed by atoms with Crippen LogP contribution >= 0.6 is 0 Å². The second-order valence-electron chi connectivity index (χ2n) is 3.35. The van der Waals surface area contributed by atoms with Crippen LogP contribution in [0.15, 0.2) is 0 Å². The molecule has 0 aliphatic heterocycles. The van der Waals surface area contributed by atoms with E-state index in [-0.39, 0.29) is 0 Å². The highest BCUT2D eigenvalue weighted by Gasteiger charge is 2.07. The molecule has 0 amide bonds. The maximum Gasteiger partial charge on any atom is 0.224 e. The highest BCUT2D eigenvalue weighted by atomic mass is 15.3. The van der Waals surface area contributed by atoms with Crippen molar-refractivity contribution in [1.82, 2.24) is 14.8 Å². The van der Waals surface area contributed by atoms with Crippen LogP contribution in [0.3, 0.4) is 0 Å². The molecule has 0 aliphatic carbocycles. The Morgan fingerprint density at radius 2 is 2.08 bits per heavy atom. The molecule has 1 aromatic heterocycles. The van der Waals surface area contributed by atoms with Crippen LogP contribution in [0.25, 0.3) is 0 Å². The SMILES string of the molecule is CNc1nnc(CC(C)C)n1C. The van der Waals surface area contributed by atoms with E-state index in [1.54, 1.807) is 0 Å². The van der Waals surface area contributed by atoms with E-state index >= 15 is 0 Å². The standard InChI is InChI=1S/C8H16N4/c1-6(2)5-7-10-11-8(9-3)12(7)4/h6H,5H2,1-4H3,(H,9,11). The lowest BCUT2D eigenvalue weighted by atomic mass is 10.1. The molecule has 0 saturated heterocycles. The van der Waals surface area contributed by atoms with E-state index in [2.05, 4.69) is 29.4 Å². The first-order valence-electron chi connectivity index (χ1n) is 4.21. The Kier molecular flexibility index (Phi) is 2.68. The van der Waals surface area contributed by atoms with Crippen LogP contribution in [0.4, 0.5) is 5.95 Å². The van der Waals surface area contributed by atoms with Gasteiger partial charge >= 0.3 is 0 Å². The van der Waals surface area contributed by atoms with Crippen LogP contribution in [-0.2, 0) is 13.5 Å². The molecular weight excluding hydrogens is 152 g/mol. The molecule has 1 rings (SSSR count). The first-order chi connectivity index (χ1) is 5.65. The van der Waals surface area contributed by atoms with Gasteiger partial charge < -0.3 is 9.88 Å². The van der Waals surface area contributed by atoms with Crippen LogP contribution in [0.1, 0.15) is 19.7 Å². The number of rotatable bonds is 3. The third kappa shape index (κ3) is 1.75. The van der Waals surface area contributed by atoms with Gasteiger partial charge in [-0.25, -0.2) is 0 Å². The fourth-order valence-corrected chi connectivity index (χ4v) is 1.12. The van der Waals surface area contributed by atoms with Gasteiger partial charge in [0.25, 0.3) is 0 Å². The van der Waals surface area contributed by atoms with Crippen molar-refractivity contribution < 1.29 is 0 Å². The number of aromatic nitrogens is 3. The zero-order valence-electron chi connectivity index (χ0n) is 8.13. The van der Waals surface area contributed by atoms with Crippen molar-refractivity contribution in [3.8, 4) is 0 Å². The summed E-state index contributed by atoms with van der Waals surface area (Å²) < 4.78 is 1.99. The molecule has 0 fully saturated rings. The quantitative estimate of drug-likeness (QED) is 0.733. The Morgan fingerprint density at radius 3 is 2.50 bits per heavy atom. The van der Waals surface area contributed by atoms with Gasteiger partial charge in [0.2, 0.25) is 5.95 Å². The van der Waals surface area contributed by atoms with Crippen LogP contribution in [0.2, 0.25) is 0 Å². The highest BCUT2D eigenvalue weighted by molar-refractivity contribution is 5.23. The highest BCUT2D eigenvalue weighted by Crippen LogP contribution is 2.08. The van der Waals surface area contributed by atoms with Crippen molar-refractivity contribution in [2.24, 2.45) is 13.0 Å². The summed E-state index contributed by atoms with van der Waals surface area (Å²) in [5, 5.41) is 11.0. The summed E-state index contributed by atoms with van der Waals surface area (Å²) in [5.41, 5.74) is 0. The zero-order chi connectivity index (χ0) is 9.14.